The predicted molar refractivity (Wildman–Crippen MR) is 87.4 cm³/mol. The molecule has 0 heterocycles. The van der Waals surface area contributed by atoms with Crippen LogP contribution in [-0.4, -0.2) is 5.66 Å². The van der Waals surface area contributed by atoms with Crippen LogP contribution >= 0.6 is 0 Å². The molecule has 0 aromatic carbocycles. The zero-order valence-corrected chi connectivity index (χ0v) is 13.8. The Kier molecular flexibility index (Phi) is 2.96. The molecule has 0 saturated heterocycles. The molecule has 0 amide bonds. The number of allylic oxidation sites excluding steroid dienone is 2. The summed E-state index contributed by atoms with van der Waals surface area (Å²) in [6, 6.07) is 0. The molecule has 2 nitrogen and oxygen atoms in total. The lowest BCUT2D eigenvalue weighted by Gasteiger charge is -2.58. The zero-order valence-electron chi connectivity index (χ0n) is 13.8. The van der Waals surface area contributed by atoms with E-state index < -0.39 is 5.66 Å². The molecule has 0 aromatic rings. The molecule has 118 valence electrons. The molecule has 0 aromatic heterocycles. The average molecular weight is 288 g/mol. The van der Waals surface area contributed by atoms with E-state index in [1.54, 1.807) is 0 Å². The van der Waals surface area contributed by atoms with Crippen molar-refractivity contribution in [3.63, 3.8) is 0 Å². The van der Waals surface area contributed by atoms with Gasteiger partial charge in [0.15, 0.2) is 0 Å². The Balaban J connectivity index is 1.68. The fourth-order valence-corrected chi connectivity index (χ4v) is 7.06. The molecular formula is C19H32N2. The lowest BCUT2D eigenvalue weighted by atomic mass is 9.46. The van der Waals surface area contributed by atoms with Crippen molar-refractivity contribution in [2.75, 3.05) is 0 Å². The fraction of sp³-hybridized carbons (Fsp3) is 0.895. The molecule has 4 N–H and O–H groups in total. The van der Waals surface area contributed by atoms with E-state index in [2.05, 4.69) is 26.0 Å². The molecule has 1 unspecified atom stereocenters. The number of hydrogen-bond donors (Lipinski definition) is 2. The SMILES string of the molecule is C[C@]12CC[C@@H]3[C@@H](CCC4CCC=C[C@@]43C)[C@@H]1CC(N)(N)C2. The van der Waals surface area contributed by atoms with Gasteiger partial charge in [0.2, 0.25) is 0 Å². The van der Waals surface area contributed by atoms with Gasteiger partial charge in [0.05, 0.1) is 5.66 Å². The second-order valence-corrected chi connectivity index (χ2v) is 9.30. The topological polar surface area (TPSA) is 52.0 Å². The van der Waals surface area contributed by atoms with Crippen molar-refractivity contribution in [2.24, 2.45) is 46.0 Å². The van der Waals surface area contributed by atoms with Crippen LogP contribution in [0.4, 0.5) is 0 Å². The van der Waals surface area contributed by atoms with Gasteiger partial charge in [0.25, 0.3) is 0 Å². The van der Waals surface area contributed by atoms with Gasteiger partial charge in [-0.15, -0.1) is 0 Å². The van der Waals surface area contributed by atoms with E-state index in [9.17, 15) is 0 Å². The highest BCUT2D eigenvalue weighted by molar-refractivity contribution is 5.16. The molecule has 0 aliphatic heterocycles. The van der Waals surface area contributed by atoms with E-state index >= 15 is 0 Å². The Morgan fingerprint density at radius 3 is 2.62 bits per heavy atom. The minimum absolute atomic E-state index is 0.408. The van der Waals surface area contributed by atoms with E-state index in [1.165, 1.54) is 38.5 Å². The van der Waals surface area contributed by atoms with Crippen molar-refractivity contribution in [1.82, 2.24) is 0 Å². The van der Waals surface area contributed by atoms with Gasteiger partial charge in [-0.1, -0.05) is 26.0 Å². The van der Waals surface area contributed by atoms with Gasteiger partial charge in [-0.25, -0.2) is 0 Å². The number of fused-ring (bicyclic) bond motifs is 5. The first-order chi connectivity index (χ1) is 9.84. The minimum atomic E-state index is -0.408. The highest BCUT2D eigenvalue weighted by Gasteiger charge is 2.59. The van der Waals surface area contributed by atoms with E-state index in [0.717, 1.165) is 36.5 Å². The van der Waals surface area contributed by atoms with E-state index in [-0.39, 0.29) is 0 Å². The summed E-state index contributed by atoms with van der Waals surface area (Å²) in [7, 11) is 0. The van der Waals surface area contributed by atoms with Gasteiger partial charge in [-0.2, -0.15) is 0 Å². The fourth-order valence-electron chi connectivity index (χ4n) is 7.06. The summed E-state index contributed by atoms with van der Waals surface area (Å²) in [6.45, 7) is 5.03. The van der Waals surface area contributed by atoms with Crippen molar-refractivity contribution in [1.29, 1.82) is 0 Å². The maximum atomic E-state index is 6.37. The molecule has 4 aliphatic carbocycles. The summed E-state index contributed by atoms with van der Waals surface area (Å²) >= 11 is 0. The molecule has 4 rings (SSSR count). The van der Waals surface area contributed by atoms with Crippen LogP contribution in [0.3, 0.4) is 0 Å². The Morgan fingerprint density at radius 1 is 1.00 bits per heavy atom. The van der Waals surface area contributed by atoms with Gasteiger partial charge in [-0.05, 0) is 85.9 Å². The summed E-state index contributed by atoms with van der Waals surface area (Å²) in [6.07, 6.45) is 15.4. The van der Waals surface area contributed by atoms with E-state index in [0.29, 0.717) is 10.8 Å². The van der Waals surface area contributed by atoms with Gasteiger partial charge in [0.1, 0.15) is 0 Å². The summed E-state index contributed by atoms with van der Waals surface area (Å²) in [5.41, 5.74) is 13.2. The Morgan fingerprint density at radius 2 is 1.81 bits per heavy atom. The first-order valence-electron chi connectivity index (χ1n) is 9.10. The molecule has 3 fully saturated rings. The molecule has 0 spiro atoms. The molecule has 3 saturated carbocycles. The predicted octanol–water partition coefficient (Wildman–Crippen LogP) is 3.81. The molecule has 2 heteroatoms. The Hall–Kier alpha value is -0.340. The maximum absolute atomic E-state index is 6.37. The van der Waals surface area contributed by atoms with E-state index in [1.807, 2.05) is 0 Å². The molecule has 21 heavy (non-hydrogen) atoms. The maximum Gasteiger partial charge on any atom is 0.0644 e. The van der Waals surface area contributed by atoms with Crippen molar-refractivity contribution in [3.05, 3.63) is 12.2 Å². The lowest BCUT2D eigenvalue weighted by Crippen LogP contribution is -2.50. The Labute approximate surface area is 129 Å². The van der Waals surface area contributed by atoms with Crippen molar-refractivity contribution < 1.29 is 0 Å². The lowest BCUT2D eigenvalue weighted by molar-refractivity contribution is -0.0679. The van der Waals surface area contributed by atoms with Gasteiger partial charge in [0, 0.05) is 0 Å². The molecule has 0 radical (unpaired) electrons. The van der Waals surface area contributed by atoms with Crippen LogP contribution in [0.15, 0.2) is 12.2 Å². The number of rotatable bonds is 0. The summed E-state index contributed by atoms with van der Waals surface area (Å²) in [4.78, 5) is 0. The van der Waals surface area contributed by atoms with E-state index in [4.69, 9.17) is 11.5 Å². The first kappa shape index (κ1) is 14.3. The summed E-state index contributed by atoms with van der Waals surface area (Å²) in [5, 5.41) is 0. The zero-order chi connectivity index (χ0) is 14.9. The van der Waals surface area contributed by atoms with Crippen LogP contribution in [0.2, 0.25) is 0 Å². The molecular weight excluding hydrogens is 256 g/mol. The average Bonchev–Trinajstić information content (AvgIpc) is 2.66. The van der Waals surface area contributed by atoms with Crippen molar-refractivity contribution in [2.45, 2.75) is 70.9 Å². The van der Waals surface area contributed by atoms with Crippen LogP contribution in [-0.2, 0) is 0 Å². The van der Waals surface area contributed by atoms with Crippen LogP contribution < -0.4 is 11.5 Å². The second-order valence-electron chi connectivity index (χ2n) is 9.30. The first-order valence-corrected chi connectivity index (χ1v) is 9.10. The van der Waals surface area contributed by atoms with Crippen molar-refractivity contribution in [3.8, 4) is 0 Å². The third kappa shape index (κ3) is 1.98. The molecule has 0 bridgehead atoms. The monoisotopic (exact) mass is 288 g/mol. The quantitative estimate of drug-likeness (QED) is 0.526. The van der Waals surface area contributed by atoms with Crippen LogP contribution in [0.5, 0.6) is 0 Å². The highest BCUT2D eigenvalue weighted by atomic mass is 15.0. The summed E-state index contributed by atoms with van der Waals surface area (Å²) in [5.74, 6) is 3.43. The summed E-state index contributed by atoms with van der Waals surface area (Å²) < 4.78 is 0. The van der Waals surface area contributed by atoms with Crippen molar-refractivity contribution >= 4 is 0 Å². The number of hydrogen-bond acceptors (Lipinski definition) is 2. The van der Waals surface area contributed by atoms with Crippen LogP contribution in [0, 0.1) is 34.5 Å². The van der Waals surface area contributed by atoms with Gasteiger partial charge >= 0.3 is 0 Å². The molecule has 6 atom stereocenters. The normalized spacial score (nSPS) is 54.7. The van der Waals surface area contributed by atoms with Crippen LogP contribution in [0.25, 0.3) is 0 Å². The second kappa shape index (κ2) is 4.35. The standard InChI is InChI=1S/C19H32N2/c1-17-10-8-15-14(16(17)11-19(20,21)12-17)7-6-13-5-3-4-9-18(13,15)2/h4,9,13-16H,3,5-8,10-12,20-21H2,1-2H3/t13?,14-,15-,16+,17-,18+/m1/s1. The third-order valence-corrected chi connectivity index (χ3v) is 7.97. The van der Waals surface area contributed by atoms with Gasteiger partial charge in [-0.3, -0.25) is 0 Å². The third-order valence-electron chi connectivity index (χ3n) is 7.97. The highest BCUT2D eigenvalue weighted by Crippen LogP contribution is 2.65. The largest absolute Gasteiger partial charge is 0.313 e. The van der Waals surface area contributed by atoms with Crippen LogP contribution in [0.1, 0.15) is 65.2 Å². The smallest absolute Gasteiger partial charge is 0.0644 e. The minimum Gasteiger partial charge on any atom is -0.313 e. The number of nitrogens with two attached hydrogens (primary N) is 2. The van der Waals surface area contributed by atoms with Gasteiger partial charge < -0.3 is 11.5 Å². The Bertz CT molecular complexity index is 468. The molecule has 4 aliphatic rings.